The normalized spacial score (nSPS) is 18.3. The maximum Gasteiger partial charge on any atom is 0.419 e. The van der Waals surface area contributed by atoms with E-state index < -0.39 is 23.9 Å². The zero-order valence-electron chi connectivity index (χ0n) is 11.3. The maximum absolute atomic E-state index is 13.0. The van der Waals surface area contributed by atoms with E-state index in [0.717, 1.165) is 6.07 Å². The molecule has 8 heteroatoms. The van der Waals surface area contributed by atoms with Gasteiger partial charge in [-0.05, 0) is 24.7 Å². The van der Waals surface area contributed by atoms with Crippen LogP contribution in [-0.4, -0.2) is 32.4 Å². The van der Waals surface area contributed by atoms with E-state index in [1.54, 1.807) is 13.1 Å². The maximum atomic E-state index is 13.0. The van der Waals surface area contributed by atoms with Crippen LogP contribution in [0.15, 0.2) is 18.2 Å². The number of benzene rings is 1. The number of alkyl carbamates (subject to hydrolysis) is 1. The first-order valence-electron chi connectivity index (χ1n) is 6.32. The summed E-state index contributed by atoms with van der Waals surface area (Å²) in [5, 5.41) is 5.19. The molecule has 2 rings (SSSR count). The number of carbonyl (C=O) groups excluding carboxylic acids is 1. The summed E-state index contributed by atoms with van der Waals surface area (Å²) in [5.41, 5.74) is -0.335. The molecule has 0 spiro atoms. The number of alkyl halides is 3. The van der Waals surface area contributed by atoms with Crippen LogP contribution in [0.4, 0.5) is 18.0 Å². The van der Waals surface area contributed by atoms with E-state index >= 15 is 0 Å². The predicted molar refractivity (Wildman–Crippen MR) is 68.0 cm³/mol. The highest BCUT2D eigenvalue weighted by Gasteiger charge is 2.35. The Balaban J connectivity index is 2.12. The Labute approximate surface area is 119 Å². The summed E-state index contributed by atoms with van der Waals surface area (Å²) in [6.45, 7) is 0.415. The number of halogens is 3. The van der Waals surface area contributed by atoms with Crippen molar-refractivity contribution in [2.24, 2.45) is 0 Å². The van der Waals surface area contributed by atoms with Crippen molar-refractivity contribution >= 4 is 6.09 Å². The van der Waals surface area contributed by atoms with Gasteiger partial charge >= 0.3 is 12.3 Å². The highest BCUT2D eigenvalue weighted by atomic mass is 19.4. The van der Waals surface area contributed by atoms with Crippen LogP contribution in [-0.2, 0) is 17.5 Å². The van der Waals surface area contributed by atoms with Crippen molar-refractivity contribution < 1.29 is 27.4 Å². The van der Waals surface area contributed by atoms with Gasteiger partial charge in [-0.2, -0.15) is 13.2 Å². The Morgan fingerprint density at radius 2 is 2.24 bits per heavy atom. The van der Waals surface area contributed by atoms with E-state index in [1.165, 1.54) is 6.07 Å². The first-order valence-corrected chi connectivity index (χ1v) is 6.32. The molecular weight excluding hydrogens is 289 g/mol. The molecule has 1 fully saturated rings. The van der Waals surface area contributed by atoms with Crippen LogP contribution in [0.3, 0.4) is 0 Å². The van der Waals surface area contributed by atoms with Crippen molar-refractivity contribution in [3.63, 3.8) is 0 Å². The molecule has 1 aliphatic rings. The smallest absolute Gasteiger partial charge is 0.419 e. The minimum Gasteiger partial charge on any atom is -0.489 e. The number of rotatable bonds is 5. The third-order valence-corrected chi connectivity index (χ3v) is 2.90. The first-order chi connectivity index (χ1) is 9.90. The summed E-state index contributed by atoms with van der Waals surface area (Å²) < 4.78 is 49.1. The van der Waals surface area contributed by atoms with Crippen LogP contribution in [0.1, 0.15) is 11.1 Å². The molecule has 1 aromatic carbocycles. The summed E-state index contributed by atoms with van der Waals surface area (Å²) in [4.78, 5) is 10.8. The SMILES string of the molecule is CNCc1ccc(OCC2CNC(=O)O2)c(C(F)(F)F)c1. The summed E-state index contributed by atoms with van der Waals surface area (Å²) in [6, 6.07) is 3.88. The van der Waals surface area contributed by atoms with Gasteiger partial charge in [-0.25, -0.2) is 4.79 Å². The summed E-state index contributed by atoms with van der Waals surface area (Å²) in [7, 11) is 1.65. The molecule has 21 heavy (non-hydrogen) atoms. The largest absolute Gasteiger partial charge is 0.489 e. The van der Waals surface area contributed by atoms with Crippen molar-refractivity contribution in [2.45, 2.75) is 18.8 Å². The average Bonchev–Trinajstić information content (AvgIpc) is 2.82. The second-order valence-electron chi connectivity index (χ2n) is 4.58. The van der Waals surface area contributed by atoms with Gasteiger partial charge in [0, 0.05) is 6.54 Å². The third-order valence-electron chi connectivity index (χ3n) is 2.90. The fraction of sp³-hybridized carbons (Fsp3) is 0.462. The molecule has 1 amide bonds. The number of hydrogen-bond donors (Lipinski definition) is 2. The molecule has 0 radical (unpaired) electrons. The van der Waals surface area contributed by atoms with Gasteiger partial charge < -0.3 is 20.1 Å². The Bertz CT molecular complexity index is 520. The van der Waals surface area contributed by atoms with Gasteiger partial charge in [0.15, 0.2) is 6.10 Å². The molecule has 1 aromatic rings. The summed E-state index contributed by atoms with van der Waals surface area (Å²) >= 11 is 0. The molecule has 5 nitrogen and oxygen atoms in total. The van der Waals surface area contributed by atoms with E-state index in [0.29, 0.717) is 12.1 Å². The van der Waals surface area contributed by atoms with E-state index in [-0.39, 0.29) is 18.9 Å². The van der Waals surface area contributed by atoms with Gasteiger partial charge in [0.05, 0.1) is 12.1 Å². The van der Waals surface area contributed by atoms with Crippen LogP contribution < -0.4 is 15.4 Å². The molecule has 1 heterocycles. The Morgan fingerprint density at radius 1 is 1.48 bits per heavy atom. The zero-order valence-corrected chi connectivity index (χ0v) is 11.3. The topological polar surface area (TPSA) is 59.6 Å². The van der Waals surface area contributed by atoms with Crippen LogP contribution in [0.25, 0.3) is 0 Å². The van der Waals surface area contributed by atoms with Gasteiger partial charge in [0.1, 0.15) is 12.4 Å². The lowest BCUT2D eigenvalue weighted by Crippen LogP contribution is -2.23. The molecule has 1 unspecified atom stereocenters. The lowest BCUT2D eigenvalue weighted by molar-refractivity contribution is -0.139. The third kappa shape index (κ3) is 4.01. The quantitative estimate of drug-likeness (QED) is 0.872. The lowest BCUT2D eigenvalue weighted by atomic mass is 10.1. The van der Waals surface area contributed by atoms with E-state index in [9.17, 15) is 18.0 Å². The predicted octanol–water partition coefficient (Wildman–Crippen LogP) is 1.91. The number of hydrogen-bond acceptors (Lipinski definition) is 4. The highest BCUT2D eigenvalue weighted by molar-refractivity contribution is 5.69. The summed E-state index contributed by atoms with van der Waals surface area (Å²) in [6.07, 6.45) is -5.69. The minimum atomic E-state index is -4.51. The Morgan fingerprint density at radius 3 is 2.81 bits per heavy atom. The standard InChI is InChI=1S/C13H15F3N2O3/c1-17-5-8-2-3-11(10(4-8)13(14,15)16)20-7-9-6-18-12(19)21-9/h2-4,9,17H,5-7H2,1H3,(H,18,19). The molecule has 0 aromatic heterocycles. The van der Waals surface area contributed by atoms with E-state index in [4.69, 9.17) is 9.47 Å². The molecule has 116 valence electrons. The molecule has 1 saturated heterocycles. The number of amides is 1. The van der Waals surface area contributed by atoms with E-state index in [1.807, 2.05) is 0 Å². The fourth-order valence-corrected chi connectivity index (χ4v) is 1.95. The van der Waals surface area contributed by atoms with Gasteiger partial charge in [0.2, 0.25) is 0 Å². The first kappa shape index (κ1) is 15.4. The number of ether oxygens (including phenoxy) is 2. The number of cyclic esters (lactones) is 1. The van der Waals surface area contributed by atoms with Gasteiger partial charge in [-0.15, -0.1) is 0 Å². The lowest BCUT2D eigenvalue weighted by Gasteiger charge is -2.16. The molecule has 0 bridgehead atoms. The highest BCUT2D eigenvalue weighted by Crippen LogP contribution is 2.37. The average molecular weight is 304 g/mol. The number of nitrogens with one attached hydrogen (secondary N) is 2. The van der Waals surface area contributed by atoms with Crippen molar-refractivity contribution in [3.8, 4) is 5.75 Å². The van der Waals surface area contributed by atoms with Crippen LogP contribution >= 0.6 is 0 Å². The molecular formula is C13H15F3N2O3. The molecule has 2 N–H and O–H groups in total. The minimum absolute atomic E-state index is 0.132. The van der Waals surface area contributed by atoms with Crippen molar-refractivity contribution in [1.82, 2.24) is 10.6 Å². The van der Waals surface area contributed by atoms with Gasteiger partial charge in [0.25, 0.3) is 0 Å². The van der Waals surface area contributed by atoms with Gasteiger partial charge in [-0.1, -0.05) is 6.07 Å². The van der Waals surface area contributed by atoms with Gasteiger partial charge in [-0.3, -0.25) is 0 Å². The van der Waals surface area contributed by atoms with Crippen LogP contribution in [0.5, 0.6) is 5.75 Å². The molecule has 0 aliphatic carbocycles. The molecule has 0 saturated carbocycles. The zero-order chi connectivity index (χ0) is 15.5. The monoisotopic (exact) mass is 304 g/mol. The number of carbonyl (C=O) groups is 1. The van der Waals surface area contributed by atoms with Crippen molar-refractivity contribution in [2.75, 3.05) is 20.2 Å². The Hall–Kier alpha value is -1.96. The molecule has 1 aliphatic heterocycles. The van der Waals surface area contributed by atoms with Crippen molar-refractivity contribution in [1.29, 1.82) is 0 Å². The van der Waals surface area contributed by atoms with Crippen molar-refractivity contribution in [3.05, 3.63) is 29.3 Å². The summed E-state index contributed by atoms with van der Waals surface area (Å²) in [5.74, 6) is -0.273. The van der Waals surface area contributed by atoms with Crippen LogP contribution in [0, 0.1) is 0 Å². The van der Waals surface area contributed by atoms with Crippen LogP contribution in [0.2, 0.25) is 0 Å². The molecule has 1 atom stereocenters. The Kier molecular flexibility index (Phi) is 4.56. The fourth-order valence-electron chi connectivity index (χ4n) is 1.95. The second-order valence-corrected chi connectivity index (χ2v) is 4.58. The second kappa shape index (κ2) is 6.21. The van der Waals surface area contributed by atoms with E-state index in [2.05, 4.69) is 10.6 Å².